The lowest BCUT2D eigenvalue weighted by Gasteiger charge is -2.15. The van der Waals surface area contributed by atoms with Gasteiger partial charge in [-0.2, -0.15) is 16.9 Å². The van der Waals surface area contributed by atoms with Gasteiger partial charge in [0, 0.05) is 17.1 Å². The highest BCUT2D eigenvalue weighted by molar-refractivity contribution is 7.98. The van der Waals surface area contributed by atoms with Gasteiger partial charge >= 0.3 is 11.8 Å². The van der Waals surface area contributed by atoms with Crippen LogP contribution in [0.15, 0.2) is 24.3 Å². The van der Waals surface area contributed by atoms with Gasteiger partial charge < -0.3 is 20.3 Å². The number of amides is 2. The minimum absolute atomic E-state index is 0.467. The van der Waals surface area contributed by atoms with Crippen LogP contribution >= 0.6 is 11.8 Å². The van der Waals surface area contributed by atoms with Gasteiger partial charge in [0.2, 0.25) is 0 Å². The van der Waals surface area contributed by atoms with E-state index in [9.17, 15) is 9.59 Å². The Bertz CT molecular complexity index is 862. The van der Waals surface area contributed by atoms with Crippen LogP contribution in [0.2, 0.25) is 0 Å². The maximum absolute atomic E-state index is 12.5. The Hall–Kier alpha value is -2.52. The fourth-order valence-corrected chi connectivity index (χ4v) is 4.29. The van der Waals surface area contributed by atoms with E-state index in [-0.39, 0.29) is 0 Å². The van der Waals surface area contributed by atoms with Gasteiger partial charge in [0.15, 0.2) is 0 Å². The number of carbonyl (C=O) groups excluding carboxylic acids is 2. The molecule has 0 atom stereocenters. The van der Waals surface area contributed by atoms with Gasteiger partial charge in [0.1, 0.15) is 11.6 Å². The van der Waals surface area contributed by atoms with E-state index >= 15 is 0 Å². The summed E-state index contributed by atoms with van der Waals surface area (Å²) in [5, 5.41) is 10.1. The van der Waals surface area contributed by atoms with Crippen molar-refractivity contribution >= 4 is 29.4 Å². The van der Waals surface area contributed by atoms with Gasteiger partial charge in [0.25, 0.3) is 0 Å². The summed E-state index contributed by atoms with van der Waals surface area (Å²) in [7, 11) is 1.61. The van der Waals surface area contributed by atoms with E-state index in [0.717, 1.165) is 53.8 Å². The number of fused-ring (bicyclic) bond motifs is 1. The molecule has 0 radical (unpaired) electrons. The van der Waals surface area contributed by atoms with Crippen LogP contribution in [0.5, 0.6) is 5.75 Å². The van der Waals surface area contributed by atoms with Crippen LogP contribution in [0.4, 0.5) is 5.82 Å². The summed E-state index contributed by atoms with van der Waals surface area (Å²) in [5.74, 6) is 1.55. The summed E-state index contributed by atoms with van der Waals surface area (Å²) < 4.78 is 6.90. The van der Waals surface area contributed by atoms with Gasteiger partial charge in [-0.15, -0.1) is 0 Å². The van der Waals surface area contributed by atoms with Crippen LogP contribution in [0.25, 0.3) is 5.69 Å². The van der Waals surface area contributed by atoms with Crippen molar-refractivity contribution in [3.8, 4) is 11.4 Å². The van der Waals surface area contributed by atoms with Crippen LogP contribution < -0.4 is 20.3 Å². The lowest BCUT2D eigenvalue weighted by molar-refractivity contribution is -0.895. The normalized spacial score (nSPS) is 12.7. The van der Waals surface area contributed by atoms with Crippen molar-refractivity contribution < 1.29 is 19.2 Å². The predicted molar refractivity (Wildman–Crippen MR) is 114 cm³/mol. The highest BCUT2D eigenvalue weighted by atomic mass is 32.2. The molecule has 1 aliphatic rings. The molecule has 8 nitrogen and oxygen atoms in total. The molecule has 2 aromatic rings. The standard InChI is InChI=1S/C20H27N5O3S/c1-4-24(5-2)11-10-21-19(26)20(27)22-18-16-12-29-13-17(16)23-25(18)14-6-8-15(28-3)9-7-14/h6-9H,4-5,10-13H2,1-3H3,(H,21,26)(H,22,27)/p+1. The Morgan fingerprint density at radius 3 is 2.55 bits per heavy atom. The first-order valence-corrected chi connectivity index (χ1v) is 11.0. The lowest BCUT2D eigenvalue weighted by atomic mass is 10.2. The Labute approximate surface area is 175 Å². The van der Waals surface area contributed by atoms with Crippen LogP contribution in [0, 0.1) is 0 Å². The topological polar surface area (TPSA) is 89.7 Å². The number of rotatable bonds is 8. The molecule has 29 heavy (non-hydrogen) atoms. The lowest BCUT2D eigenvalue weighted by Crippen LogP contribution is -3.12. The second-order valence-electron chi connectivity index (χ2n) is 6.79. The number of aromatic nitrogens is 2. The maximum Gasteiger partial charge on any atom is 0.314 e. The fourth-order valence-electron chi connectivity index (χ4n) is 3.25. The van der Waals surface area contributed by atoms with E-state index in [0.29, 0.717) is 12.4 Å². The van der Waals surface area contributed by atoms with Crippen molar-refractivity contribution in [1.29, 1.82) is 0 Å². The smallest absolute Gasteiger partial charge is 0.314 e. The molecule has 2 heterocycles. The first-order chi connectivity index (χ1) is 14.1. The molecule has 1 aromatic carbocycles. The van der Waals surface area contributed by atoms with Crippen LogP contribution in [-0.2, 0) is 21.1 Å². The van der Waals surface area contributed by atoms with E-state index in [1.165, 1.54) is 4.90 Å². The minimum atomic E-state index is -0.672. The summed E-state index contributed by atoms with van der Waals surface area (Å²) in [6.07, 6.45) is 0. The molecular weight excluding hydrogens is 390 g/mol. The van der Waals surface area contributed by atoms with Crippen molar-refractivity contribution in [2.45, 2.75) is 25.4 Å². The molecule has 0 fully saturated rings. The van der Waals surface area contributed by atoms with Crippen molar-refractivity contribution in [3.05, 3.63) is 35.5 Å². The van der Waals surface area contributed by atoms with Crippen LogP contribution in [0.3, 0.4) is 0 Å². The van der Waals surface area contributed by atoms with Crippen molar-refractivity contribution in [1.82, 2.24) is 15.1 Å². The molecule has 2 amide bonds. The van der Waals surface area contributed by atoms with Gasteiger partial charge in [-0.25, -0.2) is 4.68 Å². The molecule has 0 unspecified atom stereocenters. The summed E-state index contributed by atoms with van der Waals surface area (Å²) in [5.41, 5.74) is 2.71. The largest absolute Gasteiger partial charge is 0.497 e. The predicted octanol–water partition coefficient (Wildman–Crippen LogP) is 0.607. The number of benzene rings is 1. The number of hydrogen-bond acceptors (Lipinski definition) is 5. The fraction of sp³-hybridized carbons (Fsp3) is 0.450. The third-order valence-electron chi connectivity index (χ3n) is 5.07. The quantitative estimate of drug-likeness (QED) is 0.547. The summed E-state index contributed by atoms with van der Waals surface area (Å²) in [6, 6.07) is 7.42. The number of ether oxygens (including phenoxy) is 1. The second-order valence-corrected chi connectivity index (χ2v) is 7.78. The monoisotopic (exact) mass is 418 g/mol. The summed E-state index contributed by atoms with van der Waals surface area (Å²) in [4.78, 5) is 26.2. The van der Waals surface area contributed by atoms with Crippen LogP contribution in [0.1, 0.15) is 25.1 Å². The van der Waals surface area contributed by atoms with Gasteiger partial charge in [0.05, 0.1) is 44.7 Å². The van der Waals surface area contributed by atoms with E-state index in [1.807, 2.05) is 24.3 Å². The number of thioether (sulfide) groups is 1. The Morgan fingerprint density at radius 1 is 1.17 bits per heavy atom. The third-order valence-corrected chi connectivity index (χ3v) is 6.04. The molecule has 156 valence electrons. The van der Waals surface area contributed by atoms with Gasteiger partial charge in [-0.3, -0.25) is 9.59 Å². The number of carbonyl (C=O) groups is 2. The highest BCUT2D eigenvalue weighted by Crippen LogP contribution is 2.36. The molecule has 1 aromatic heterocycles. The second kappa shape index (κ2) is 9.80. The highest BCUT2D eigenvalue weighted by Gasteiger charge is 2.26. The van der Waals surface area contributed by atoms with Gasteiger partial charge in [-0.05, 0) is 38.1 Å². The Balaban J connectivity index is 1.72. The number of quaternary nitrogens is 1. The zero-order valence-electron chi connectivity index (χ0n) is 17.1. The number of anilines is 1. The molecule has 1 aliphatic heterocycles. The maximum atomic E-state index is 12.5. The number of nitrogens with one attached hydrogen (secondary N) is 3. The molecular formula is C20H28N5O3S+. The van der Waals surface area contributed by atoms with Crippen molar-refractivity contribution in [3.63, 3.8) is 0 Å². The Morgan fingerprint density at radius 2 is 1.90 bits per heavy atom. The molecule has 3 N–H and O–H groups in total. The van der Waals surface area contributed by atoms with E-state index < -0.39 is 11.8 Å². The first-order valence-electron chi connectivity index (χ1n) is 9.83. The number of methoxy groups -OCH3 is 1. The molecule has 0 bridgehead atoms. The van der Waals surface area contributed by atoms with Crippen LogP contribution in [-0.4, -0.2) is 54.9 Å². The zero-order chi connectivity index (χ0) is 20.8. The zero-order valence-corrected chi connectivity index (χ0v) is 17.9. The number of nitrogens with zero attached hydrogens (tertiary/aromatic N) is 2. The van der Waals surface area contributed by atoms with E-state index in [2.05, 4.69) is 29.6 Å². The molecule has 0 saturated carbocycles. The van der Waals surface area contributed by atoms with E-state index in [1.54, 1.807) is 23.6 Å². The van der Waals surface area contributed by atoms with Crippen molar-refractivity contribution in [2.24, 2.45) is 0 Å². The number of hydrogen-bond donors (Lipinski definition) is 3. The first kappa shape index (κ1) is 21.2. The van der Waals surface area contributed by atoms with Crippen molar-refractivity contribution in [2.75, 3.05) is 38.6 Å². The Kier molecular flexibility index (Phi) is 7.16. The minimum Gasteiger partial charge on any atom is -0.497 e. The molecule has 0 spiro atoms. The average molecular weight is 419 g/mol. The van der Waals surface area contributed by atoms with E-state index in [4.69, 9.17) is 4.74 Å². The third kappa shape index (κ3) is 4.91. The number of likely N-dealkylation sites (N-methyl/N-ethyl adjacent to an activating group) is 1. The molecule has 0 aliphatic carbocycles. The van der Waals surface area contributed by atoms with Gasteiger partial charge in [-0.1, -0.05) is 0 Å². The molecule has 9 heteroatoms. The molecule has 0 saturated heterocycles. The average Bonchev–Trinajstić information content (AvgIpc) is 3.33. The summed E-state index contributed by atoms with van der Waals surface area (Å²) in [6.45, 7) is 7.45. The summed E-state index contributed by atoms with van der Waals surface area (Å²) >= 11 is 1.74. The molecule has 3 rings (SSSR count). The SMILES string of the molecule is CC[NH+](CC)CCNC(=O)C(=O)Nc1c2c(nn1-c1ccc(OC)cc1)CSC2.